The van der Waals surface area contributed by atoms with Crippen molar-refractivity contribution in [2.45, 2.75) is 50.7 Å². The number of aliphatic hydroxyl groups is 1. The molecule has 10 heteroatoms. The zero-order valence-electron chi connectivity index (χ0n) is 27.6. The lowest BCUT2D eigenvalue weighted by atomic mass is 10.0. The quantitative estimate of drug-likeness (QED) is 0.0811. The van der Waals surface area contributed by atoms with Crippen LogP contribution in [0.15, 0.2) is 94.4 Å². The molecule has 0 bridgehead atoms. The Hall–Kier alpha value is -4.48. The highest BCUT2D eigenvalue weighted by Crippen LogP contribution is 2.30. The van der Waals surface area contributed by atoms with E-state index in [0.717, 1.165) is 81.5 Å². The van der Waals surface area contributed by atoms with Gasteiger partial charge in [0.2, 0.25) is 5.56 Å². The van der Waals surface area contributed by atoms with Crippen LogP contribution in [0.2, 0.25) is 0 Å². The molecule has 1 atom stereocenters. The molecular formula is C39H44N4O5S. The van der Waals surface area contributed by atoms with Crippen molar-refractivity contribution in [2.75, 3.05) is 38.0 Å². The number of carbonyl (C=O) groups is 1. The van der Waals surface area contributed by atoms with Crippen molar-refractivity contribution in [2.24, 2.45) is 0 Å². The first-order valence-electron chi connectivity index (χ1n) is 17.1. The number of aryl methyl sites for hydroxylation is 1. The van der Waals surface area contributed by atoms with Crippen LogP contribution < -0.4 is 16.2 Å². The predicted octanol–water partition coefficient (Wildman–Crippen LogP) is 6.86. The highest BCUT2D eigenvalue weighted by Gasteiger charge is 2.22. The Morgan fingerprint density at radius 2 is 1.73 bits per heavy atom. The second-order valence-corrected chi connectivity index (χ2v) is 13.4. The number of nitrogens with one attached hydrogen (secondary N) is 3. The Labute approximate surface area is 290 Å². The fourth-order valence-corrected chi connectivity index (χ4v) is 7.13. The van der Waals surface area contributed by atoms with Gasteiger partial charge in [-0.2, -0.15) is 11.3 Å². The van der Waals surface area contributed by atoms with Crippen LogP contribution in [0.4, 0.5) is 10.5 Å². The maximum Gasteiger partial charge on any atom is 0.411 e. The van der Waals surface area contributed by atoms with Crippen molar-refractivity contribution >= 4 is 34.0 Å². The molecule has 6 rings (SSSR count). The smallest absolute Gasteiger partial charge is 0.411 e. The number of fused-ring (bicyclic) bond motifs is 1. The van der Waals surface area contributed by atoms with Gasteiger partial charge in [-0.1, -0.05) is 48.5 Å². The van der Waals surface area contributed by atoms with E-state index < -0.39 is 6.10 Å². The van der Waals surface area contributed by atoms with Crippen molar-refractivity contribution in [3.05, 3.63) is 117 Å². The fraction of sp³-hybridized carbons (Fsp3) is 0.333. The number of aromatic nitrogens is 1. The first-order valence-corrected chi connectivity index (χ1v) is 18.0. The van der Waals surface area contributed by atoms with Crippen molar-refractivity contribution in [3.63, 3.8) is 0 Å². The average molecular weight is 681 g/mol. The molecule has 0 aliphatic carbocycles. The van der Waals surface area contributed by atoms with Gasteiger partial charge in [0, 0.05) is 36.7 Å². The minimum Gasteiger partial charge on any atom is -0.506 e. The molecule has 1 saturated heterocycles. The lowest BCUT2D eigenvalue weighted by Gasteiger charge is -2.31. The summed E-state index contributed by atoms with van der Waals surface area (Å²) in [5.41, 5.74) is 6.13. The van der Waals surface area contributed by atoms with Gasteiger partial charge in [-0.3, -0.25) is 10.1 Å². The number of unbranched alkanes of at least 4 members (excludes halogenated alkanes) is 1. The van der Waals surface area contributed by atoms with Gasteiger partial charge in [-0.25, -0.2) is 4.79 Å². The molecule has 256 valence electrons. The Morgan fingerprint density at radius 1 is 0.959 bits per heavy atom. The number of likely N-dealkylation sites (tertiary alicyclic amines) is 1. The molecule has 2 aromatic heterocycles. The number of H-pyrrole nitrogens is 1. The van der Waals surface area contributed by atoms with Gasteiger partial charge in [0.15, 0.2) is 0 Å². The Balaban J connectivity index is 0.843. The number of piperidine rings is 1. The molecule has 3 heterocycles. The van der Waals surface area contributed by atoms with E-state index in [1.165, 1.54) is 23.3 Å². The number of benzene rings is 3. The van der Waals surface area contributed by atoms with Crippen molar-refractivity contribution in [1.29, 1.82) is 0 Å². The molecule has 49 heavy (non-hydrogen) atoms. The first-order chi connectivity index (χ1) is 23.9. The predicted molar refractivity (Wildman–Crippen MR) is 196 cm³/mol. The van der Waals surface area contributed by atoms with Gasteiger partial charge in [0.25, 0.3) is 0 Å². The van der Waals surface area contributed by atoms with E-state index in [-0.39, 0.29) is 23.5 Å². The topological polar surface area (TPSA) is 127 Å². The lowest BCUT2D eigenvalue weighted by Crippen LogP contribution is -2.38. The number of ether oxygens (including phenoxy) is 1. The van der Waals surface area contributed by atoms with Crippen LogP contribution in [0, 0.1) is 0 Å². The summed E-state index contributed by atoms with van der Waals surface area (Å²) in [5, 5.41) is 31.9. The summed E-state index contributed by atoms with van der Waals surface area (Å²) in [6.07, 6.45) is 4.64. The normalized spacial score (nSPS) is 14.6. The highest BCUT2D eigenvalue weighted by molar-refractivity contribution is 7.08. The summed E-state index contributed by atoms with van der Waals surface area (Å²) >= 11 is 1.63. The van der Waals surface area contributed by atoms with Crippen molar-refractivity contribution < 1.29 is 19.7 Å². The van der Waals surface area contributed by atoms with E-state index in [0.29, 0.717) is 23.0 Å². The van der Waals surface area contributed by atoms with E-state index in [2.05, 4.69) is 56.2 Å². The molecule has 1 amide bonds. The van der Waals surface area contributed by atoms with E-state index in [9.17, 15) is 19.8 Å². The number of aromatic hydroxyl groups is 1. The van der Waals surface area contributed by atoms with Crippen LogP contribution >= 0.6 is 11.3 Å². The molecule has 5 aromatic rings. The molecule has 0 spiro atoms. The van der Waals surface area contributed by atoms with E-state index >= 15 is 0 Å². The Morgan fingerprint density at radius 3 is 2.51 bits per heavy atom. The second kappa shape index (κ2) is 16.8. The third-order valence-corrected chi connectivity index (χ3v) is 9.89. The summed E-state index contributed by atoms with van der Waals surface area (Å²) in [6, 6.07) is 24.9. The molecule has 3 aromatic carbocycles. The van der Waals surface area contributed by atoms with Crippen LogP contribution in [0.5, 0.6) is 5.75 Å². The number of pyridine rings is 1. The maximum atomic E-state index is 12.7. The number of phenols is 1. The number of aliphatic hydroxyl groups excluding tert-OH is 1. The highest BCUT2D eigenvalue weighted by atomic mass is 32.1. The number of anilines is 1. The van der Waals surface area contributed by atoms with E-state index in [1.54, 1.807) is 23.5 Å². The lowest BCUT2D eigenvalue weighted by molar-refractivity contribution is 0.0585. The third-order valence-electron chi connectivity index (χ3n) is 9.21. The Kier molecular flexibility index (Phi) is 11.8. The van der Waals surface area contributed by atoms with Crippen molar-refractivity contribution in [1.82, 2.24) is 15.2 Å². The molecule has 1 unspecified atom stereocenters. The minimum absolute atomic E-state index is 0.0155. The standard InChI is InChI=1S/C39H44N4O5S/c44-35-14-12-32(33-13-15-37(46)42-38(33)35)36(45)25-40-20-16-28-10-8-27(9-11-28)5-3-4-21-43-22-17-30(18-23-43)48-39(47)41-34-7-2-1-6-31(34)29-19-24-49-26-29/h1-2,6-15,19,24,26,30,36,40,44-45H,3-5,16-18,20-23,25H2,(H,41,47)(H,42,46). The molecule has 0 radical (unpaired) electrons. The number of para-hydroxylation sites is 1. The molecule has 5 N–H and O–H groups in total. The molecule has 0 saturated carbocycles. The number of hydrogen-bond acceptors (Lipinski definition) is 8. The number of rotatable bonds is 14. The number of nitrogens with zero attached hydrogens (tertiary/aromatic N) is 1. The number of hydrogen-bond donors (Lipinski definition) is 5. The monoisotopic (exact) mass is 680 g/mol. The molecule has 1 aliphatic rings. The van der Waals surface area contributed by atoms with Crippen molar-refractivity contribution in [3.8, 4) is 16.9 Å². The first kappa shape index (κ1) is 34.4. The summed E-state index contributed by atoms with van der Waals surface area (Å²) in [6.45, 7) is 4.02. The third kappa shape index (κ3) is 9.36. The van der Waals surface area contributed by atoms with E-state index in [1.807, 2.05) is 29.6 Å². The SMILES string of the molecule is O=C(Nc1ccccc1-c1ccsc1)OC1CCN(CCCCc2ccc(CCNCC(O)c3ccc(O)c4[nH]c(=O)ccc34)cc2)CC1. The summed E-state index contributed by atoms with van der Waals surface area (Å²) in [7, 11) is 0. The van der Waals surface area contributed by atoms with Crippen LogP contribution in [-0.4, -0.2) is 65.0 Å². The maximum absolute atomic E-state index is 12.7. The number of carbonyl (C=O) groups excluding carboxylic acids is 1. The zero-order chi connectivity index (χ0) is 34.0. The van der Waals surface area contributed by atoms with Gasteiger partial charge in [-0.15, -0.1) is 0 Å². The van der Waals surface area contributed by atoms with Gasteiger partial charge in [-0.05, 0) is 109 Å². The largest absolute Gasteiger partial charge is 0.506 e. The van der Waals surface area contributed by atoms with Gasteiger partial charge in [0.1, 0.15) is 11.9 Å². The minimum atomic E-state index is -0.770. The second-order valence-electron chi connectivity index (χ2n) is 12.7. The van der Waals surface area contributed by atoms with Crippen LogP contribution in [0.1, 0.15) is 48.5 Å². The number of thiophene rings is 1. The fourth-order valence-electron chi connectivity index (χ4n) is 6.47. The van der Waals surface area contributed by atoms with Gasteiger partial charge in [0.05, 0.1) is 17.3 Å². The van der Waals surface area contributed by atoms with Crippen LogP contribution in [-0.2, 0) is 17.6 Å². The summed E-state index contributed by atoms with van der Waals surface area (Å²) in [5.74, 6) is -0.0155. The number of aromatic amines is 1. The zero-order valence-corrected chi connectivity index (χ0v) is 28.4. The molecule has 1 fully saturated rings. The van der Waals surface area contributed by atoms with Gasteiger partial charge < -0.3 is 30.2 Å². The number of amides is 1. The van der Waals surface area contributed by atoms with Crippen LogP contribution in [0.25, 0.3) is 22.0 Å². The van der Waals surface area contributed by atoms with Gasteiger partial charge >= 0.3 is 6.09 Å². The van der Waals surface area contributed by atoms with Crippen LogP contribution in [0.3, 0.4) is 0 Å². The average Bonchev–Trinajstić information content (AvgIpc) is 3.65. The molecule has 9 nitrogen and oxygen atoms in total. The number of phenolic OH excluding ortho intramolecular Hbond substituents is 1. The Bertz CT molecular complexity index is 1870. The molecular weight excluding hydrogens is 637 g/mol. The summed E-state index contributed by atoms with van der Waals surface area (Å²) in [4.78, 5) is 29.4. The van der Waals surface area contributed by atoms with E-state index in [4.69, 9.17) is 4.74 Å². The molecule has 1 aliphatic heterocycles. The summed E-state index contributed by atoms with van der Waals surface area (Å²) < 4.78 is 5.78.